The Hall–Kier alpha value is -2.66. The molecule has 1 aromatic heterocycles. The fraction of sp³-hybridized carbons (Fsp3) is 0.294. The fourth-order valence-electron chi connectivity index (χ4n) is 2.92. The average Bonchev–Trinajstić information content (AvgIpc) is 3.21. The van der Waals surface area contributed by atoms with Gasteiger partial charge in [-0.2, -0.15) is 0 Å². The highest BCUT2D eigenvalue weighted by atomic mass is 31.2. The third-order valence-corrected chi connectivity index (χ3v) is 9.09. The van der Waals surface area contributed by atoms with E-state index in [1.165, 1.54) is 49.1 Å². The van der Waals surface area contributed by atoms with Gasteiger partial charge in [0.25, 0.3) is 10.8 Å². The van der Waals surface area contributed by atoms with E-state index in [4.69, 9.17) is 13.8 Å². The molecule has 3 rings (SSSR count). The summed E-state index contributed by atoms with van der Waals surface area (Å²) in [6.07, 6.45) is 5.18. The molecule has 0 radical (unpaired) electrons. The van der Waals surface area contributed by atoms with E-state index in [0.29, 0.717) is 5.56 Å². The molecule has 0 aliphatic carbocycles. The Kier molecular flexibility index (Phi) is 6.80. The van der Waals surface area contributed by atoms with Gasteiger partial charge in [-0.1, -0.05) is 6.08 Å². The Labute approximate surface area is 181 Å². The van der Waals surface area contributed by atoms with E-state index in [1.807, 2.05) is 0 Å². The highest BCUT2D eigenvalue weighted by molar-refractivity contribution is 7.72. The van der Waals surface area contributed by atoms with Crippen LogP contribution in [0.1, 0.15) is 12.5 Å². The van der Waals surface area contributed by atoms with Gasteiger partial charge in [0.1, 0.15) is 0 Å². The summed E-state index contributed by atoms with van der Waals surface area (Å²) < 4.78 is 42.3. The minimum absolute atomic E-state index is 0.146. The molecular weight excluding hydrogens is 468 g/mol. The number of rotatable bonds is 5. The molecule has 1 saturated heterocycles. The molecule has 13 nitrogen and oxygen atoms in total. The van der Waals surface area contributed by atoms with Crippen molar-refractivity contribution in [2.75, 3.05) is 13.2 Å². The lowest BCUT2D eigenvalue weighted by molar-refractivity contribution is -0.384. The van der Waals surface area contributed by atoms with E-state index in [0.717, 1.165) is 11.5 Å². The lowest BCUT2D eigenvalue weighted by Crippen LogP contribution is -2.44. The van der Waals surface area contributed by atoms with Gasteiger partial charge < -0.3 is 32.7 Å². The SMILES string of the molecule is CC(=O)OC1(Cn2ccnc2)P(=O)([O-])OC/C(=C/c2ccc([N+](=O)[O-])cc2)COP1(=O)O. The van der Waals surface area contributed by atoms with Gasteiger partial charge in [0.2, 0.25) is 0 Å². The van der Waals surface area contributed by atoms with Crippen LogP contribution in [0.4, 0.5) is 5.69 Å². The Morgan fingerprint density at radius 2 is 2.00 bits per heavy atom. The predicted molar refractivity (Wildman–Crippen MR) is 107 cm³/mol. The number of carbonyl (C=O) groups is 1. The highest BCUT2D eigenvalue weighted by Gasteiger charge is 2.62. The van der Waals surface area contributed by atoms with Crippen LogP contribution in [0.3, 0.4) is 0 Å². The molecule has 2 aromatic rings. The minimum atomic E-state index is -5.39. The molecule has 32 heavy (non-hydrogen) atoms. The van der Waals surface area contributed by atoms with E-state index in [9.17, 15) is 33.8 Å². The lowest BCUT2D eigenvalue weighted by Gasteiger charge is -2.45. The zero-order chi connectivity index (χ0) is 23.6. The topological polar surface area (TPSA) is 183 Å². The van der Waals surface area contributed by atoms with Crippen LogP contribution in [0.15, 0.2) is 48.6 Å². The Morgan fingerprint density at radius 3 is 2.56 bits per heavy atom. The summed E-state index contributed by atoms with van der Waals surface area (Å²) in [7, 11) is -10.6. The molecule has 15 heteroatoms. The normalized spacial score (nSPS) is 29.8. The van der Waals surface area contributed by atoms with Crippen LogP contribution in [0.5, 0.6) is 0 Å². The number of benzene rings is 1. The number of imidazole rings is 1. The summed E-state index contributed by atoms with van der Waals surface area (Å²) in [6.45, 7) is -1.00. The van der Waals surface area contributed by atoms with Gasteiger partial charge in [-0.15, -0.1) is 0 Å². The number of nitro groups is 1. The molecule has 1 fully saturated rings. The molecule has 3 atom stereocenters. The van der Waals surface area contributed by atoms with E-state index in [1.54, 1.807) is 0 Å². The van der Waals surface area contributed by atoms with Crippen molar-refractivity contribution in [1.29, 1.82) is 0 Å². The van der Waals surface area contributed by atoms with Gasteiger partial charge >= 0.3 is 13.6 Å². The maximum atomic E-state index is 13.1. The molecule has 2 heterocycles. The maximum Gasteiger partial charge on any atom is 0.382 e. The number of non-ortho nitro benzene ring substituents is 1. The quantitative estimate of drug-likeness (QED) is 0.282. The largest absolute Gasteiger partial charge is 0.775 e. The summed E-state index contributed by atoms with van der Waals surface area (Å²) in [5.41, 5.74) is 0.451. The second-order valence-corrected chi connectivity index (χ2v) is 11.1. The Morgan fingerprint density at radius 1 is 1.34 bits per heavy atom. The van der Waals surface area contributed by atoms with Gasteiger partial charge in [0.05, 0.1) is 31.0 Å². The summed E-state index contributed by atoms with van der Waals surface area (Å²) in [4.78, 5) is 49.3. The number of carbonyl (C=O) groups excluding carboxylic acids is 1. The molecule has 1 aliphatic rings. The zero-order valence-electron chi connectivity index (χ0n) is 16.6. The summed E-state index contributed by atoms with van der Waals surface area (Å²) in [5, 5.41) is 7.73. The number of nitro benzene ring substituents is 1. The van der Waals surface area contributed by atoms with Crippen molar-refractivity contribution in [3.8, 4) is 0 Å². The molecule has 1 aliphatic heterocycles. The van der Waals surface area contributed by atoms with Crippen LogP contribution in [0, 0.1) is 10.1 Å². The number of nitrogens with zero attached hydrogens (tertiary/aromatic N) is 3. The molecule has 0 bridgehead atoms. The molecule has 0 amide bonds. The summed E-state index contributed by atoms with van der Waals surface area (Å²) >= 11 is 0. The van der Waals surface area contributed by atoms with Gasteiger partial charge in [-0.25, -0.2) is 4.98 Å². The fourth-order valence-corrected chi connectivity index (χ4v) is 6.75. The molecule has 3 unspecified atom stereocenters. The molecule has 1 aromatic carbocycles. The lowest BCUT2D eigenvalue weighted by atomic mass is 10.1. The second-order valence-electron chi connectivity index (χ2n) is 6.79. The molecule has 1 N–H and O–H groups in total. The first-order valence-electron chi connectivity index (χ1n) is 8.98. The van der Waals surface area contributed by atoms with Crippen molar-refractivity contribution in [1.82, 2.24) is 9.55 Å². The van der Waals surface area contributed by atoms with E-state index in [2.05, 4.69) is 4.98 Å². The monoisotopic (exact) mass is 486 g/mol. The number of hydrogen-bond acceptors (Lipinski definition) is 10. The van der Waals surface area contributed by atoms with Crippen LogP contribution in [-0.4, -0.2) is 43.6 Å². The van der Waals surface area contributed by atoms with E-state index in [-0.39, 0.29) is 11.3 Å². The van der Waals surface area contributed by atoms with E-state index < -0.39 is 50.9 Å². The van der Waals surface area contributed by atoms with Gasteiger partial charge in [0.15, 0.2) is 7.60 Å². The Balaban J connectivity index is 1.97. The second kappa shape index (κ2) is 9.07. The number of ether oxygens (including phenoxy) is 1. The third-order valence-electron chi connectivity index (χ3n) is 4.44. The first kappa shape index (κ1) is 24.0. The van der Waals surface area contributed by atoms with Crippen molar-refractivity contribution >= 4 is 32.9 Å². The molecular formula is C17H18N3O10P2-. The van der Waals surface area contributed by atoms with Crippen molar-refractivity contribution in [3.63, 3.8) is 0 Å². The van der Waals surface area contributed by atoms with Crippen LogP contribution in [-0.2, 0) is 34.3 Å². The standard InChI is InChI=1S/C17H19N3O10P2/c1-13(21)30-17(11-19-7-6-18-12-19)31(24,25)28-9-15(10-29-32(17,26)27)8-14-2-4-16(5-3-14)20(22)23/h2-8,12H,9-11H2,1H3,(H,24,25)(H,26,27)/p-1/b15-8-. The number of aromatic nitrogens is 2. The first-order chi connectivity index (χ1) is 15.0. The van der Waals surface area contributed by atoms with E-state index >= 15 is 0 Å². The van der Waals surface area contributed by atoms with Crippen molar-refractivity contribution in [3.05, 3.63) is 64.2 Å². The van der Waals surface area contributed by atoms with Crippen LogP contribution < -0.4 is 4.89 Å². The van der Waals surface area contributed by atoms with Crippen molar-refractivity contribution in [2.45, 2.75) is 18.6 Å². The maximum absolute atomic E-state index is 13.1. The van der Waals surface area contributed by atoms with Crippen molar-refractivity contribution < 1.29 is 42.4 Å². The first-order valence-corrected chi connectivity index (χ1v) is 12.1. The summed E-state index contributed by atoms with van der Waals surface area (Å²) in [6, 6.07) is 5.29. The van der Waals surface area contributed by atoms with Crippen LogP contribution in [0.25, 0.3) is 6.08 Å². The number of esters is 1. The average molecular weight is 486 g/mol. The van der Waals surface area contributed by atoms with Gasteiger partial charge in [-0.3, -0.25) is 19.5 Å². The molecule has 172 valence electrons. The van der Waals surface area contributed by atoms with Gasteiger partial charge in [0, 0.05) is 31.5 Å². The molecule has 0 spiro atoms. The smallest absolute Gasteiger partial charge is 0.382 e. The third kappa shape index (κ3) is 4.88. The van der Waals surface area contributed by atoms with Crippen LogP contribution in [0.2, 0.25) is 0 Å². The Bertz CT molecular complexity index is 1100. The van der Waals surface area contributed by atoms with Crippen LogP contribution >= 0.6 is 15.2 Å². The van der Waals surface area contributed by atoms with Crippen molar-refractivity contribution in [2.24, 2.45) is 0 Å². The predicted octanol–water partition coefficient (Wildman–Crippen LogP) is 1.88. The number of hydrogen-bond donors (Lipinski definition) is 1. The summed E-state index contributed by atoms with van der Waals surface area (Å²) in [5.74, 6) is -1.13. The minimum Gasteiger partial charge on any atom is -0.775 e. The zero-order valence-corrected chi connectivity index (χ0v) is 18.4. The van der Waals surface area contributed by atoms with Gasteiger partial charge in [-0.05, 0) is 23.3 Å². The molecule has 0 saturated carbocycles. The highest BCUT2D eigenvalue weighted by Crippen LogP contribution is 2.73.